The van der Waals surface area contributed by atoms with Crippen molar-refractivity contribution in [3.8, 4) is 0 Å². The summed E-state index contributed by atoms with van der Waals surface area (Å²) >= 11 is 0. The van der Waals surface area contributed by atoms with Crippen LogP contribution in [0.4, 0.5) is 0 Å². The molecule has 0 fully saturated rings. The molecular weight excluding hydrogens is 178 g/mol. The van der Waals surface area contributed by atoms with Crippen LogP contribution in [0.25, 0.3) is 11.0 Å². The van der Waals surface area contributed by atoms with Crippen molar-refractivity contribution in [3.63, 3.8) is 0 Å². The predicted molar refractivity (Wildman–Crippen MR) is 54.7 cm³/mol. The minimum atomic E-state index is -0.514. The molecule has 2 rings (SSSR count). The van der Waals surface area contributed by atoms with Gasteiger partial charge in [0.25, 0.3) is 0 Å². The van der Waals surface area contributed by atoms with Gasteiger partial charge in [-0.2, -0.15) is 0 Å². The van der Waals surface area contributed by atoms with E-state index < -0.39 is 6.10 Å². The van der Waals surface area contributed by atoms with Gasteiger partial charge in [0.1, 0.15) is 0 Å². The summed E-state index contributed by atoms with van der Waals surface area (Å²) in [5, 5.41) is 9.68. The van der Waals surface area contributed by atoms with Crippen molar-refractivity contribution in [2.45, 2.75) is 12.5 Å². The molecule has 2 aromatic heterocycles. The number of pyridine rings is 1. The van der Waals surface area contributed by atoms with Crippen molar-refractivity contribution in [3.05, 3.63) is 30.1 Å². The Morgan fingerprint density at radius 1 is 1.57 bits per heavy atom. The van der Waals surface area contributed by atoms with E-state index in [1.807, 2.05) is 18.3 Å². The van der Waals surface area contributed by atoms with Crippen molar-refractivity contribution in [2.75, 3.05) is 6.54 Å². The Morgan fingerprint density at radius 2 is 2.43 bits per heavy atom. The molecule has 0 aliphatic heterocycles. The van der Waals surface area contributed by atoms with E-state index in [1.165, 1.54) is 0 Å². The molecular formula is C10H13N3O. The molecule has 0 aliphatic carbocycles. The lowest BCUT2D eigenvalue weighted by molar-refractivity contribution is 0.170. The quantitative estimate of drug-likeness (QED) is 0.676. The van der Waals surface area contributed by atoms with Gasteiger partial charge >= 0.3 is 0 Å². The molecule has 74 valence electrons. The molecule has 0 aromatic carbocycles. The summed E-state index contributed by atoms with van der Waals surface area (Å²) in [6, 6.07) is 3.80. The summed E-state index contributed by atoms with van der Waals surface area (Å²) in [4.78, 5) is 7.26. The topological polar surface area (TPSA) is 74.9 Å². The third kappa shape index (κ3) is 1.62. The molecule has 4 N–H and O–H groups in total. The Bertz CT molecular complexity index is 424. The summed E-state index contributed by atoms with van der Waals surface area (Å²) in [6.07, 6.45) is 3.57. The number of nitrogens with zero attached hydrogens (tertiary/aromatic N) is 1. The molecule has 0 saturated carbocycles. The highest BCUT2D eigenvalue weighted by atomic mass is 16.3. The highest BCUT2D eigenvalue weighted by molar-refractivity contribution is 5.75. The number of aliphatic hydroxyl groups excluding tert-OH is 1. The van der Waals surface area contributed by atoms with Gasteiger partial charge in [-0.15, -0.1) is 0 Å². The fourth-order valence-corrected chi connectivity index (χ4v) is 1.46. The van der Waals surface area contributed by atoms with Gasteiger partial charge in [-0.1, -0.05) is 0 Å². The zero-order chi connectivity index (χ0) is 9.97. The second-order valence-electron chi connectivity index (χ2n) is 3.27. The normalized spacial score (nSPS) is 13.3. The number of aromatic amines is 1. The van der Waals surface area contributed by atoms with Gasteiger partial charge in [0.05, 0.1) is 17.1 Å². The summed E-state index contributed by atoms with van der Waals surface area (Å²) < 4.78 is 0. The van der Waals surface area contributed by atoms with Gasteiger partial charge in [0, 0.05) is 18.0 Å². The summed E-state index contributed by atoms with van der Waals surface area (Å²) in [7, 11) is 0. The molecule has 0 amide bonds. The average molecular weight is 191 g/mol. The summed E-state index contributed by atoms with van der Waals surface area (Å²) in [5.41, 5.74) is 8.04. The maximum atomic E-state index is 9.68. The number of nitrogens with one attached hydrogen (secondary N) is 1. The number of H-pyrrole nitrogens is 1. The van der Waals surface area contributed by atoms with Crippen molar-refractivity contribution >= 4 is 11.0 Å². The van der Waals surface area contributed by atoms with Gasteiger partial charge in [0.2, 0.25) is 0 Å². The van der Waals surface area contributed by atoms with E-state index >= 15 is 0 Å². The van der Waals surface area contributed by atoms with Crippen LogP contribution in [0, 0.1) is 0 Å². The summed E-state index contributed by atoms with van der Waals surface area (Å²) in [5.74, 6) is 0. The predicted octanol–water partition coefficient (Wildman–Crippen LogP) is 0.945. The molecule has 14 heavy (non-hydrogen) atoms. The van der Waals surface area contributed by atoms with Gasteiger partial charge in [-0.05, 0) is 25.1 Å². The van der Waals surface area contributed by atoms with E-state index in [2.05, 4.69) is 9.97 Å². The Kier molecular flexibility index (Phi) is 2.47. The first kappa shape index (κ1) is 9.18. The van der Waals surface area contributed by atoms with Gasteiger partial charge in [-0.25, -0.2) is 0 Å². The van der Waals surface area contributed by atoms with Crippen LogP contribution in [0.15, 0.2) is 24.5 Å². The number of fused-ring (bicyclic) bond motifs is 1. The largest absolute Gasteiger partial charge is 0.388 e. The van der Waals surface area contributed by atoms with Gasteiger partial charge in [0.15, 0.2) is 0 Å². The van der Waals surface area contributed by atoms with Crippen LogP contribution in [0.2, 0.25) is 0 Å². The molecule has 0 radical (unpaired) electrons. The maximum Gasteiger partial charge on any atom is 0.0878 e. The van der Waals surface area contributed by atoms with Gasteiger partial charge < -0.3 is 15.8 Å². The van der Waals surface area contributed by atoms with Crippen molar-refractivity contribution < 1.29 is 5.11 Å². The van der Waals surface area contributed by atoms with Crippen LogP contribution in [0.3, 0.4) is 0 Å². The van der Waals surface area contributed by atoms with Crippen molar-refractivity contribution in [1.82, 2.24) is 9.97 Å². The van der Waals surface area contributed by atoms with Crippen LogP contribution >= 0.6 is 0 Å². The van der Waals surface area contributed by atoms with Crippen molar-refractivity contribution in [2.24, 2.45) is 5.73 Å². The van der Waals surface area contributed by atoms with Crippen LogP contribution < -0.4 is 5.73 Å². The molecule has 2 heterocycles. The molecule has 0 bridgehead atoms. The molecule has 4 heteroatoms. The third-order valence-corrected chi connectivity index (χ3v) is 2.24. The van der Waals surface area contributed by atoms with Crippen LogP contribution in [0.1, 0.15) is 18.1 Å². The highest BCUT2D eigenvalue weighted by Gasteiger charge is 2.07. The molecule has 4 nitrogen and oxygen atoms in total. The van der Waals surface area contributed by atoms with E-state index in [1.54, 1.807) is 6.20 Å². The Balaban J connectivity index is 2.33. The van der Waals surface area contributed by atoms with E-state index in [0.29, 0.717) is 13.0 Å². The fraction of sp³-hybridized carbons (Fsp3) is 0.300. The minimum Gasteiger partial charge on any atom is -0.388 e. The molecule has 0 aliphatic rings. The standard InChI is InChI=1S/C10H13N3O/c11-3-1-10(14)7-5-9-8(13-6-7)2-4-12-9/h2,4-6,10,12,14H,1,3,11H2. The van der Waals surface area contributed by atoms with E-state index in [9.17, 15) is 5.11 Å². The first-order chi connectivity index (χ1) is 6.81. The first-order valence-electron chi connectivity index (χ1n) is 4.62. The molecule has 1 atom stereocenters. The monoisotopic (exact) mass is 191 g/mol. The number of hydrogen-bond donors (Lipinski definition) is 3. The number of nitrogens with two attached hydrogens (primary N) is 1. The van der Waals surface area contributed by atoms with E-state index in [0.717, 1.165) is 16.6 Å². The Morgan fingerprint density at radius 3 is 3.21 bits per heavy atom. The van der Waals surface area contributed by atoms with E-state index in [4.69, 9.17) is 5.73 Å². The SMILES string of the molecule is NCCC(O)c1cnc2cc[nH]c2c1. The maximum absolute atomic E-state index is 9.68. The number of rotatable bonds is 3. The van der Waals surface area contributed by atoms with Crippen LogP contribution in [-0.4, -0.2) is 21.6 Å². The van der Waals surface area contributed by atoms with Crippen LogP contribution in [-0.2, 0) is 0 Å². The molecule has 2 aromatic rings. The highest BCUT2D eigenvalue weighted by Crippen LogP contribution is 2.18. The molecule has 1 unspecified atom stereocenters. The lowest BCUT2D eigenvalue weighted by Crippen LogP contribution is -2.06. The van der Waals surface area contributed by atoms with E-state index in [-0.39, 0.29) is 0 Å². The van der Waals surface area contributed by atoms with Crippen molar-refractivity contribution in [1.29, 1.82) is 0 Å². The Hall–Kier alpha value is -1.39. The second-order valence-corrected chi connectivity index (χ2v) is 3.27. The smallest absolute Gasteiger partial charge is 0.0878 e. The summed E-state index contributed by atoms with van der Waals surface area (Å²) in [6.45, 7) is 0.476. The zero-order valence-corrected chi connectivity index (χ0v) is 7.77. The second kappa shape index (κ2) is 3.77. The average Bonchev–Trinajstić information content (AvgIpc) is 2.64. The Labute approximate surface area is 81.8 Å². The lowest BCUT2D eigenvalue weighted by Gasteiger charge is -2.08. The van der Waals surface area contributed by atoms with Crippen LogP contribution in [0.5, 0.6) is 0 Å². The van der Waals surface area contributed by atoms with Gasteiger partial charge in [-0.3, -0.25) is 4.98 Å². The fourth-order valence-electron chi connectivity index (χ4n) is 1.46. The lowest BCUT2D eigenvalue weighted by atomic mass is 10.1. The molecule has 0 saturated heterocycles. The number of hydrogen-bond acceptors (Lipinski definition) is 3. The molecule has 0 spiro atoms. The number of aromatic nitrogens is 2. The minimum absolute atomic E-state index is 0.476. The first-order valence-corrected chi connectivity index (χ1v) is 4.62. The zero-order valence-electron chi connectivity index (χ0n) is 7.77. The number of aliphatic hydroxyl groups is 1. The third-order valence-electron chi connectivity index (χ3n) is 2.24.